The zero-order valence-corrected chi connectivity index (χ0v) is 48.7. The Labute approximate surface area is 424 Å². The molecule has 0 fully saturated rings. The van der Waals surface area contributed by atoms with Crippen LogP contribution in [-0.4, -0.2) is 68.2 Å². The van der Waals surface area contributed by atoms with Gasteiger partial charge in [-0.3, -0.25) is 0 Å². The van der Waals surface area contributed by atoms with Crippen LogP contribution in [-0.2, 0) is 4.57 Å². The Morgan fingerprint density at radius 3 is 0.448 bits per heavy atom. The Morgan fingerprint density at radius 2 is 0.343 bits per heavy atom. The van der Waals surface area contributed by atoms with Crippen molar-refractivity contribution in [1.82, 2.24) is 0 Å². The third-order valence-corrected chi connectivity index (χ3v) is 14.5. The maximum absolute atomic E-state index is 8.66. The maximum Gasteiger partial charge on any atom is 0.0782 e. The summed E-state index contributed by atoms with van der Waals surface area (Å²) in [5.41, 5.74) is 0. The molecule has 7 heteroatoms. The van der Waals surface area contributed by atoms with Crippen LogP contribution in [0.4, 0.5) is 0 Å². The van der Waals surface area contributed by atoms with Crippen LogP contribution in [0.3, 0.4) is 0 Å². The molecule has 0 heterocycles. The Balaban J connectivity index is -0.00000111. The largest absolute Gasteiger partial charge is 0.790 e. The van der Waals surface area contributed by atoms with Crippen LogP contribution in [0, 0.1) is 0 Å². The zero-order valence-electron chi connectivity index (χ0n) is 47.8. The van der Waals surface area contributed by atoms with Gasteiger partial charge in [0.05, 0.1) is 62.2 Å². The number of hydrogen-bond acceptors (Lipinski definition) is 3. The zero-order chi connectivity index (χ0) is 50.3. The fraction of sp³-hybridized carbons (Fsp3) is 1.00. The molecule has 0 aromatic rings. The molecule has 0 radical (unpaired) electrons. The minimum atomic E-state index is -5.14. The summed E-state index contributed by atoms with van der Waals surface area (Å²) in [5, 5.41) is 0. The minimum Gasteiger partial charge on any atom is -0.790 e. The van der Waals surface area contributed by atoms with Gasteiger partial charge in [-0.1, -0.05) is 285 Å². The molecule has 1 N–H and O–H groups in total. The average molecular weight is 974 g/mol. The summed E-state index contributed by atoms with van der Waals surface area (Å²) in [6.07, 6.45) is 69.9. The Morgan fingerprint density at radius 1 is 0.254 bits per heavy atom. The highest BCUT2D eigenvalue weighted by Gasteiger charge is 2.14. The summed E-state index contributed by atoms with van der Waals surface area (Å²) in [7, 11) is 4.68. The lowest BCUT2D eigenvalue weighted by Gasteiger charge is -2.30. The fourth-order valence-electron chi connectivity index (χ4n) is 9.75. The molecule has 0 unspecified atom stereocenters. The third kappa shape index (κ3) is 75.1. The standard InChI is InChI=1S/2C30H64N.H3O4P/c2*1-5-7-9-11-13-15-17-19-21-23-25-27-29-31(3,4)30-28-26-24-22-20-18-16-14-12-10-8-6-2;1-5(2,3)4/h2*5-30H2,1-4H3;(H3,1,2,3,4)/q2*+1;/p-2. The predicted molar refractivity (Wildman–Crippen MR) is 298 cm³/mol. The van der Waals surface area contributed by atoms with Gasteiger partial charge in [0.2, 0.25) is 0 Å². The summed E-state index contributed by atoms with van der Waals surface area (Å²) in [6, 6.07) is 0. The molecule has 0 aliphatic rings. The van der Waals surface area contributed by atoms with Crippen molar-refractivity contribution in [2.75, 3.05) is 54.4 Å². The normalized spacial score (nSPS) is 12.0. The first-order valence-electron chi connectivity index (χ1n) is 30.6. The van der Waals surface area contributed by atoms with E-state index in [-0.39, 0.29) is 0 Å². The summed E-state index contributed by atoms with van der Waals surface area (Å²) in [6.45, 7) is 14.8. The molecule has 408 valence electrons. The van der Waals surface area contributed by atoms with Crippen molar-refractivity contribution in [3.8, 4) is 0 Å². The van der Waals surface area contributed by atoms with E-state index in [2.05, 4.69) is 55.9 Å². The van der Waals surface area contributed by atoms with E-state index in [1.54, 1.807) is 0 Å². The highest BCUT2D eigenvalue weighted by atomic mass is 31.2. The first kappa shape index (κ1) is 71.3. The van der Waals surface area contributed by atoms with Gasteiger partial charge in [0.1, 0.15) is 0 Å². The number of quaternary nitrogens is 2. The van der Waals surface area contributed by atoms with Crippen LogP contribution in [0.25, 0.3) is 0 Å². The van der Waals surface area contributed by atoms with Crippen molar-refractivity contribution in [2.24, 2.45) is 0 Å². The van der Waals surface area contributed by atoms with Gasteiger partial charge in [-0.15, -0.1) is 0 Å². The highest BCUT2D eigenvalue weighted by Crippen LogP contribution is 2.18. The molecule has 0 atom stereocenters. The molecule has 0 aliphatic carbocycles. The topological polar surface area (TPSA) is 83.4 Å². The molecule has 6 nitrogen and oxygen atoms in total. The van der Waals surface area contributed by atoms with Crippen molar-refractivity contribution in [3.05, 3.63) is 0 Å². The van der Waals surface area contributed by atoms with Gasteiger partial charge in [-0.2, -0.15) is 0 Å². The van der Waals surface area contributed by atoms with Gasteiger partial charge < -0.3 is 28.2 Å². The summed E-state index contributed by atoms with van der Waals surface area (Å²) in [5.74, 6) is 0. The van der Waals surface area contributed by atoms with Crippen LogP contribution >= 0.6 is 7.82 Å². The molecular weight excluding hydrogens is 844 g/mol. The van der Waals surface area contributed by atoms with Gasteiger partial charge in [0.15, 0.2) is 0 Å². The SMILES string of the molecule is CCCCCCCCCCCCCC[N+](C)(C)CCCCCCCCCCCCCC.CCCCCCCCCCCCCC[N+](C)(C)CCCCCCCCCCCCCC.O=P([O-])([O-])O. The van der Waals surface area contributed by atoms with Crippen LogP contribution in [0.1, 0.15) is 336 Å². The first-order chi connectivity index (χ1) is 32.2. The second kappa shape index (κ2) is 56.9. The predicted octanol–water partition coefficient (Wildman–Crippen LogP) is 18.7. The quantitative estimate of drug-likeness (QED) is 0.0374. The van der Waals surface area contributed by atoms with E-state index in [9.17, 15) is 0 Å². The summed E-state index contributed by atoms with van der Waals surface area (Å²) < 4.78 is 11.2. The minimum absolute atomic E-state index is 1.25. The molecule has 0 bridgehead atoms. The van der Waals surface area contributed by atoms with Crippen molar-refractivity contribution in [2.45, 2.75) is 336 Å². The van der Waals surface area contributed by atoms with E-state index in [4.69, 9.17) is 19.2 Å². The van der Waals surface area contributed by atoms with Gasteiger partial charge in [-0.05, 0) is 51.4 Å². The number of unbranched alkanes of at least 4 members (excludes halogenated alkanes) is 44. The molecule has 0 saturated heterocycles. The van der Waals surface area contributed by atoms with E-state index in [1.165, 1.54) is 343 Å². The van der Waals surface area contributed by atoms with E-state index in [1.807, 2.05) is 0 Å². The van der Waals surface area contributed by atoms with E-state index in [0.717, 1.165) is 0 Å². The smallest absolute Gasteiger partial charge is 0.0782 e. The number of rotatable bonds is 52. The van der Waals surface area contributed by atoms with Crippen LogP contribution < -0.4 is 9.79 Å². The summed E-state index contributed by atoms with van der Waals surface area (Å²) >= 11 is 0. The fourth-order valence-corrected chi connectivity index (χ4v) is 9.75. The lowest BCUT2D eigenvalue weighted by molar-refractivity contribution is -0.890. The van der Waals surface area contributed by atoms with Gasteiger partial charge in [0, 0.05) is 0 Å². The highest BCUT2D eigenvalue weighted by molar-refractivity contribution is 7.42. The monoisotopic (exact) mass is 973 g/mol. The molecule has 67 heavy (non-hydrogen) atoms. The molecule has 0 aliphatic heterocycles. The second-order valence-corrected chi connectivity index (χ2v) is 23.7. The summed E-state index contributed by atoms with van der Waals surface area (Å²) in [4.78, 5) is 24.3. The number of hydrogen-bond donors (Lipinski definition) is 1. The van der Waals surface area contributed by atoms with Gasteiger partial charge in [-0.25, -0.2) is 0 Å². The molecular formula is C60H129N2O4P. The third-order valence-electron chi connectivity index (χ3n) is 14.5. The first-order valence-corrected chi connectivity index (χ1v) is 32.1. The van der Waals surface area contributed by atoms with Crippen LogP contribution in [0.2, 0.25) is 0 Å². The lowest BCUT2D eigenvalue weighted by Crippen LogP contribution is -2.41. The van der Waals surface area contributed by atoms with E-state index >= 15 is 0 Å². The van der Waals surface area contributed by atoms with Gasteiger partial charge in [0.25, 0.3) is 0 Å². The molecule has 0 aromatic carbocycles. The van der Waals surface area contributed by atoms with Crippen molar-refractivity contribution in [1.29, 1.82) is 0 Å². The number of nitrogens with zero attached hydrogens (tertiary/aromatic N) is 2. The average Bonchev–Trinajstić information content (AvgIpc) is 3.27. The molecule has 0 spiro atoms. The molecule has 0 rings (SSSR count). The lowest BCUT2D eigenvalue weighted by atomic mass is 10.0. The van der Waals surface area contributed by atoms with Crippen LogP contribution in [0.15, 0.2) is 0 Å². The Hall–Kier alpha value is 0.0300. The van der Waals surface area contributed by atoms with E-state index < -0.39 is 7.82 Å². The van der Waals surface area contributed by atoms with Crippen LogP contribution in [0.5, 0.6) is 0 Å². The Kier molecular flexibility index (Phi) is 60.6. The molecule has 0 saturated carbocycles. The van der Waals surface area contributed by atoms with Gasteiger partial charge >= 0.3 is 0 Å². The molecule has 0 amide bonds. The molecule has 0 aromatic heterocycles. The maximum atomic E-state index is 8.66. The van der Waals surface area contributed by atoms with Crippen molar-refractivity contribution < 1.29 is 28.2 Å². The second-order valence-electron chi connectivity index (χ2n) is 22.8. The van der Waals surface area contributed by atoms with Crippen molar-refractivity contribution in [3.63, 3.8) is 0 Å². The van der Waals surface area contributed by atoms with E-state index in [0.29, 0.717) is 0 Å². The van der Waals surface area contributed by atoms with Crippen molar-refractivity contribution >= 4 is 7.82 Å². The Bertz CT molecular complexity index is 809. The number of phosphoric acid groups is 1.